The van der Waals surface area contributed by atoms with Crippen molar-refractivity contribution in [2.24, 2.45) is 0 Å². The summed E-state index contributed by atoms with van der Waals surface area (Å²) in [6.45, 7) is 9.16. The topological polar surface area (TPSA) is 59.6 Å². The highest BCUT2D eigenvalue weighted by atomic mass is 35.5. The molecule has 1 atom stereocenters. The molecular formula is C22H29ClN2O3. The van der Waals surface area contributed by atoms with Crippen LogP contribution in [0.3, 0.4) is 0 Å². The minimum Gasteiger partial charge on any atom is -0.490 e. The van der Waals surface area contributed by atoms with Crippen molar-refractivity contribution in [3.63, 3.8) is 0 Å². The number of aryl methyl sites for hydroxylation is 1. The maximum atomic E-state index is 12.2. The molecule has 2 aromatic carbocycles. The fourth-order valence-electron chi connectivity index (χ4n) is 2.53. The van der Waals surface area contributed by atoms with Crippen LogP contribution in [0.4, 0.5) is 5.69 Å². The molecule has 0 aliphatic carbocycles. The molecule has 0 aromatic heterocycles. The van der Waals surface area contributed by atoms with Gasteiger partial charge >= 0.3 is 0 Å². The Bertz CT molecular complexity index is 778. The van der Waals surface area contributed by atoms with E-state index in [4.69, 9.17) is 21.1 Å². The molecule has 2 N–H and O–H groups in total. The van der Waals surface area contributed by atoms with E-state index in [1.54, 1.807) is 0 Å². The summed E-state index contributed by atoms with van der Waals surface area (Å²) in [5, 5.41) is 6.66. The van der Waals surface area contributed by atoms with Crippen molar-refractivity contribution in [2.75, 3.05) is 18.5 Å². The SMILES string of the molecule is CCOc1cc(CN[C@H](C)CC)cc(Cl)c1OCC(=O)Nc1ccc(C)cc1. The first-order valence-corrected chi connectivity index (χ1v) is 9.98. The zero-order valence-corrected chi connectivity index (χ0v) is 17.7. The molecule has 1 amide bonds. The van der Waals surface area contributed by atoms with Gasteiger partial charge in [-0.15, -0.1) is 0 Å². The molecule has 0 unspecified atom stereocenters. The van der Waals surface area contributed by atoms with Crippen LogP contribution in [-0.2, 0) is 11.3 Å². The van der Waals surface area contributed by atoms with Crippen molar-refractivity contribution in [1.29, 1.82) is 0 Å². The number of hydrogen-bond acceptors (Lipinski definition) is 4. The lowest BCUT2D eigenvalue weighted by Crippen LogP contribution is -2.24. The monoisotopic (exact) mass is 404 g/mol. The second kappa shape index (κ2) is 10.9. The fourth-order valence-corrected chi connectivity index (χ4v) is 2.82. The van der Waals surface area contributed by atoms with Crippen molar-refractivity contribution in [3.05, 3.63) is 52.5 Å². The van der Waals surface area contributed by atoms with Crippen LogP contribution < -0.4 is 20.1 Å². The maximum absolute atomic E-state index is 12.2. The van der Waals surface area contributed by atoms with Crippen LogP contribution in [0.15, 0.2) is 36.4 Å². The molecule has 2 rings (SSSR count). The Labute approximate surface area is 172 Å². The van der Waals surface area contributed by atoms with E-state index in [0.717, 1.165) is 23.2 Å². The summed E-state index contributed by atoms with van der Waals surface area (Å²) < 4.78 is 11.4. The van der Waals surface area contributed by atoms with Gasteiger partial charge in [-0.05, 0) is 57.0 Å². The number of halogens is 1. The molecule has 0 aliphatic rings. The number of amides is 1. The summed E-state index contributed by atoms with van der Waals surface area (Å²) in [4.78, 5) is 12.2. The number of benzene rings is 2. The molecule has 0 spiro atoms. The third-order valence-corrected chi connectivity index (χ3v) is 4.60. The smallest absolute Gasteiger partial charge is 0.262 e. The van der Waals surface area contributed by atoms with Crippen LogP contribution in [0.2, 0.25) is 5.02 Å². The van der Waals surface area contributed by atoms with Gasteiger partial charge in [0.1, 0.15) is 0 Å². The third kappa shape index (κ3) is 6.73. The number of ether oxygens (including phenoxy) is 2. The lowest BCUT2D eigenvalue weighted by atomic mass is 10.1. The summed E-state index contributed by atoms with van der Waals surface area (Å²) in [6, 6.07) is 11.7. The number of rotatable bonds is 10. The van der Waals surface area contributed by atoms with Crippen molar-refractivity contribution in [1.82, 2.24) is 5.32 Å². The lowest BCUT2D eigenvalue weighted by molar-refractivity contribution is -0.118. The van der Waals surface area contributed by atoms with Crippen LogP contribution in [-0.4, -0.2) is 25.2 Å². The standard InChI is InChI=1S/C22H29ClN2O3/c1-5-16(4)24-13-17-11-19(23)22(20(12-17)27-6-2)28-14-21(26)25-18-9-7-15(3)8-10-18/h7-12,16,24H,5-6,13-14H2,1-4H3,(H,25,26)/t16-/m1/s1. The predicted molar refractivity (Wildman–Crippen MR) is 115 cm³/mol. The predicted octanol–water partition coefficient (Wildman–Crippen LogP) is 4.95. The third-order valence-electron chi connectivity index (χ3n) is 4.32. The molecule has 2 aromatic rings. The number of carbonyl (C=O) groups is 1. The molecule has 6 heteroatoms. The second-order valence-electron chi connectivity index (χ2n) is 6.73. The Morgan fingerprint density at radius 2 is 1.86 bits per heavy atom. The molecule has 0 heterocycles. The summed E-state index contributed by atoms with van der Waals surface area (Å²) in [5.74, 6) is 0.666. The molecule has 0 fully saturated rings. The largest absolute Gasteiger partial charge is 0.490 e. The first kappa shape index (κ1) is 22.1. The van der Waals surface area contributed by atoms with Gasteiger partial charge < -0.3 is 20.1 Å². The van der Waals surface area contributed by atoms with Crippen molar-refractivity contribution >= 4 is 23.2 Å². The Kier molecular flexibility index (Phi) is 8.61. The Morgan fingerprint density at radius 1 is 1.14 bits per heavy atom. The van der Waals surface area contributed by atoms with Crippen molar-refractivity contribution in [3.8, 4) is 11.5 Å². The van der Waals surface area contributed by atoms with Crippen LogP contribution in [0, 0.1) is 6.92 Å². The van der Waals surface area contributed by atoms with Gasteiger partial charge in [-0.3, -0.25) is 4.79 Å². The van der Waals surface area contributed by atoms with E-state index in [1.807, 2.05) is 50.2 Å². The number of hydrogen-bond donors (Lipinski definition) is 2. The minimum absolute atomic E-state index is 0.155. The molecule has 0 saturated carbocycles. The van der Waals surface area contributed by atoms with E-state index in [-0.39, 0.29) is 12.5 Å². The molecule has 152 valence electrons. The van der Waals surface area contributed by atoms with Crippen molar-refractivity contribution in [2.45, 2.75) is 46.7 Å². The van der Waals surface area contributed by atoms with Crippen LogP contribution in [0.5, 0.6) is 11.5 Å². The molecule has 0 saturated heterocycles. The quantitative estimate of drug-likeness (QED) is 0.588. The molecule has 0 radical (unpaired) electrons. The highest BCUT2D eigenvalue weighted by Gasteiger charge is 2.15. The zero-order valence-electron chi connectivity index (χ0n) is 17.0. The molecule has 28 heavy (non-hydrogen) atoms. The maximum Gasteiger partial charge on any atom is 0.262 e. The molecule has 0 bridgehead atoms. The summed E-state index contributed by atoms with van der Waals surface area (Å²) in [6.07, 6.45) is 1.04. The molecular weight excluding hydrogens is 376 g/mol. The first-order valence-electron chi connectivity index (χ1n) is 9.60. The van der Waals surface area contributed by atoms with Crippen molar-refractivity contribution < 1.29 is 14.3 Å². The average molecular weight is 405 g/mol. The highest BCUT2D eigenvalue weighted by Crippen LogP contribution is 2.36. The minimum atomic E-state index is -0.259. The van der Waals surface area contributed by atoms with Gasteiger partial charge in [0.05, 0.1) is 11.6 Å². The van der Waals surface area contributed by atoms with Gasteiger partial charge in [0.2, 0.25) is 0 Å². The van der Waals surface area contributed by atoms with Gasteiger partial charge in [-0.25, -0.2) is 0 Å². The lowest BCUT2D eigenvalue weighted by Gasteiger charge is -2.17. The molecule has 5 nitrogen and oxygen atoms in total. The van der Waals surface area contributed by atoms with Gasteiger partial charge in [-0.1, -0.05) is 36.2 Å². The number of anilines is 1. The van der Waals surface area contributed by atoms with E-state index in [1.165, 1.54) is 0 Å². The summed E-state index contributed by atoms with van der Waals surface area (Å²) in [7, 11) is 0. The highest BCUT2D eigenvalue weighted by molar-refractivity contribution is 6.32. The van der Waals surface area contributed by atoms with E-state index < -0.39 is 0 Å². The Morgan fingerprint density at radius 3 is 2.50 bits per heavy atom. The fraction of sp³-hybridized carbons (Fsp3) is 0.409. The van der Waals surface area contributed by atoms with Gasteiger partial charge in [0, 0.05) is 18.3 Å². The van der Waals surface area contributed by atoms with E-state index in [9.17, 15) is 4.79 Å². The van der Waals surface area contributed by atoms with Crippen LogP contribution >= 0.6 is 11.6 Å². The van der Waals surface area contributed by atoms with Gasteiger partial charge in [0.25, 0.3) is 5.91 Å². The average Bonchev–Trinajstić information content (AvgIpc) is 2.67. The summed E-state index contributed by atoms with van der Waals surface area (Å²) in [5.41, 5.74) is 2.86. The summed E-state index contributed by atoms with van der Waals surface area (Å²) >= 11 is 6.42. The van der Waals surface area contributed by atoms with E-state index >= 15 is 0 Å². The van der Waals surface area contributed by atoms with E-state index in [2.05, 4.69) is 24.5 Å². The number of nitrogens with one attached hydrogen (secondary N) is 2. The Hall–Kier alpha value is -2.24. The van der Waals surface area contributed by atoms with Crippen LogP contribution in [0.1, 0.15) is 38.3 Å². The first-order chi connectivity index (χ1) is 13.4. The number of carbonyl (C=O) groups excluding carboxylic acids is 1. The van der Waals surface area contributed by atoms with Gasteiger partial charge in [0.15, 0.2) is 18.1 Å². The Balaban J connectivity index is 2.04. The molecule has 0 aliphatic heterocycles. The van der Waals surface area contributed by atoms with Crippen LogP contribution in [0.25, 0.3) is 0 Å². The van der Waals surface area contributed by atoms with E-state index in [0.29, 0.717) is 35.7 Å². The zero-order chi connectivity index (χ0) is 20.5. The second-order valence-corrected chi connectivity index (χ2v) is 7.14. The normalized spacial score (nSPS) is 11.8. The van der Waals surface area contributed by atoms with Gasteiger partial charge in [-0.2, -0.15) is 0 Å².